The van der Waals surface area contributed by atoms with Gasteiger partial charge in [0.25, 0.3) is 0 Å². The van der Waals surface area contributed by atoms with Gasteiger partial charge in [-0.1, -0.05) is 22.0 Å². The van der Waals surface area contributed by atoms with Crippen molar-refractivity contribution in [1.82, 2.24) is 4.98 Å². The van der Waals surface area contributed by atoms with Crippen LogP contribution >= 0.6 is 15.9 Å². The molecule has 0 saturated heterocycles. The number of carbonyl (C=O) groups excluding carboxylic acids is 1. The molecule has 0 saturated carbocycles. The molecule has 2 rings (SSSR count). The van der Waals surface area contributed by atoms with E-state index in [0.717, 1.165) is 12.1 Å². The Bertz CT molecular complexity index is 564. The predicted molar refractivity (Wildman–Crippen MR) is 66.3 cm³/mol. The Balaban J connectivity index is 2.30. The first kappa shape index (κ1) is 12.8. The summed E-state index contributed by atoms with van der Waals surface area (Å²) >= 11 is 2.96. The molecule has 2 nitrogen and oxygen atoms in total. The molecular formula is C13H8BrF2NO. The standard InChI is InChI=1S/C13H8BrF2NO/c14-9-5-10(15)13(11(16)6-9)12(18)4-8-2-1-3-17-7-8/h1-3,5-7H,4H2. The van der Waals surface area contributed by atoms with Crippen molar-refractivity contribution in [2.75, 3.05) is 0 Å². The number of aromatic nitrogens is 1. The second-order valence-electron chi connectivity index (χ2n) is 3.71. The minimum Gasteiger partial charge on any atom is -0.294 e. The molecule has 1 aromatic carbocycles. The highest BCUT2D eigenvalue weighted by atomic mass is 79.9. The number of hydrogen-bond acceptors (Lipinski definition) is 2. The van der Waals surface area contributed by atoms with E-state index in [1.54, 1.807) is 18.3 Å². The van der Waals surface area contributed by atoms with E-state index in [1.165, 1.54) is 6.20 Å². The van der Waals surface area contributed by atoms with E-state index in [2.05, 4.69) is 20.9 Å². The van der Waals surface area contributed by atoms with Crippen molar-refractivity contribution in [2.45, 2.75) is 6.42 Å². The SMILES string of the molecule is O=C(Cc1cccnc1)c1c(F)cc(Br)cc1F. The fraction of sp³-hybridized carbons (Fsp3) is 0.0769. The Morgan fingerprint density at radius 2 is 1.94 bits per heavy atom. The van der Waals surface area contributed by atoms with Crippen LogP contribution in [0.3, 0.4) is 0 Å². The highest BCUT2D eigenvalue weighted by Crippen LogP contribution is 2.20. The molecule has 0 unspecified atom stereocenters. The molecule has 1 heterocycles. The van der Waals surface area contributed by atoms with Gasteiger partial charge in [-0.15, -0.1) is 0 Å². The normalized spacial score (nSPS) is 10.4. The number of hydrogen-bond donors (Lipinski definition) is 0. The lowest BCUT2D eigenvalue weighted by molar-refractivity contribution is 0.0985. The van der Waals surface area contributed by atoms with E-state index < -0.39 is 23.0 Å². The summed E-state index contributed by atoms with van der Waals surface area (Å²) in [5, 5.41) is 0. The Morgan fingerprint density at radius 1 is 1.28 bits per heavy atom. The molecule has 0 bridgehead atoms. The van der Waals surface area contributed by atoms with Gasteiger partial charge in [0.2, 0.25) is 0 Å². The number of rotatable bonds is 3. The average Bonchev–Trinajstić information content (AvgIpc) is 2.28. The third kappa shape index (κ3) is 2.79. The molecule has 1 aromatic heterocycles. The summed E-state index contributed by atoms with van der Waals surface area (Å²) in [6.45, 7) is 0. The summed E-state index contributed by atoms with van der Waals surface area (Å²) in [4.78, 5) is 15.7. The van der Waals surface area contributed by atoms with E-state index in [4.69, 9.17) is 0 Å². The van der Waals surface area contributed by atoms with E-state index in [1.807, 2.05) is 0 Å². The molecule has 5 heteroatoms. The van der Waals surface area contributed by atoms with Gasteiger partial charge in [-0.25, -0.2) is 8.78 Å². The van der Waals surface area contributed by atoms with Crippen molar-refractivity contribution in [3.05, 3.63) is 63.9 Å². The average molecular weight is 312 g/mol. The first-order chi connectivity index (χ1) is 8.58. The minimum atomic E-state index is -0.865. The molecular weight excluding hydrogens is 304 g/mol. The zero-order valence-electron chi connectivity index (χ0n) is 9.16. The van der Waals surface area contributed by atoms with Crippen molar-refractivity contribution < 1.29 is 13.6 Å². The third-order valence-electron chi connectivity index (χ3n) is 2.37. The summed E-state index contributed by atoms with van der Waals surface area (Å²) in [5.41, 5.74) is 0.103. The molecule has 0 radical (unpaired) electrons. The quantitative estimate of drug-likeness (QED) is 0.811. The number of Topliss-reactive ketones (excluding diaryl/α,β-unsaturated/α-hetero) is 1. The number of pyridine rings is 1. The lowest BCUT2D eigenvalue weighted by Gasteiger charge is -2.05. The number of nitrogens with zero attached hydrogens (tertiary/aromatic N) is 1. The first-order valence-corrected chi connectivity index (χ1v) is 5.94. The Labute approximate surface area is 111 Å². The number of ketones is 1. The number of halogens is 3. The van der Waals surface area contributed by atoms with Crippen molar-refractivity contribution >= 4 is 21.7 Å². The maximum Gasteiger partial charge on any atom is 0.173 e. The van der Waals surface area contributed by atoms with Gasteiger partial charge >= 0.3 is 0 Å². The van der Waals surface area contributed by atoms with Gasteiger partial charge in [0.15, 0.2) is 5.78 Å². The van der Waals surface area contributed by atoms with Crippen LogP contribution in [-0.4, -0.2) is 10.8 Å². The smallest absolute Gasteiger partial charge is 0.173 e. The summed E-state index contributed by atoms with van der Waals surface area (Å²) < 4.78 is 27.4. The monoisotopic (exact) mass is 311 g/mol. The third-order valence-corrected chi connectivity index (χ3v) is 2.83. The zero-order chi connectivity index (χ0) is 13.1. The molecule has 0 fully saturated rings. The fourth-order valence-corrected chi connectivity index (χ4v) is 1.99. The molecule has 18 heavy (non-hydrogen) atoms. The number of benzene rings is 1. The molecule has 0 aliphatic rings. The lowest BCUT2D eigenvalue weighted by Crippen LogP contribution is -2.09. The molecule has 0 aliphatic heterocycles. The van der Waals surface area contributed by atoms with Crippen molar-refractivity contribution in [2.24, 2.45) is 0 Å². The van der Waals surface area contributed by atoms with Crippen LogP contribution in [0.1, 0.15) is 15.9 Å². The van der Waals surface area contributed by atoms with E-state index in [0.29, 0.717) is 5.56 Å². The zero-order valence-corrected chi connectivity index (χ0v) is 10.7. The minimum absolute atomic E-state index is 0.0800. The molecule has 0 N–H and O–H groups in total. The second kappa shape index (κ2) is 5.35. The van der Waals surface area contributed by atoms with Crippen LogP contribution in [0, 0.1) is 11.6 Å². The summed E-state index contributed by atoms with van der Waals surface area (Å²) in [6, 6.07) is 5.48. The van der Waals surface area contributed by atoms with E-state index >= 15 is 0 Å². The van der Waals surface area contributed by atoms with Gasteiger partial charge in [-0.3, -0.25) is 9.78 Å². The largest absolute Gasteiger partial charge is 0.294 e. The van der Waals surface area contributed by atoms with Crippen LogP contribution in [0.4, 0.5) is 8.78 Å². The maximum atomic E-state index is 13.6. The summed E-state index contributed by atoms with van der Waals surface area (Å²) in [7, 11) is 0. The van der Waals surface area contributed by atoms with Crippen LogP contribution in [-0.2, 0) is 6.42 Å². The van der Waals surface area contributed by atoms with E-state index in [-0.39, 0.29) is 10.9 Å². The van der Waals surface area contributed by atoms with Gasteiger partial charge in [0, 0.05) is 23.3 Å². The second-order valence-corrected chi connectivity index (χ2v) is 4.62. The highest BCUT2D eigenvalue weighted by Gasteiger charge is 2.18. The molecule has 0 atom stereocenters. The molecule has 0 spiro atoms. The molecule has 2 aromatic rings. The van der Waals surface area contributed by atoms with Crippen LogP contribution in [0.5, 0.6) is 0 Å². The maximum absolute atomic E-state index is 13.6. The van der Waals surface area contributed by atoms with Gasteiger partial charge in [0.05, 0.1) is 5.56 Å². The van der Waals surface area contributed by atoms with Crippen LogP contribution in [0.15, 0.2) is 41.1 Å². The topological polar surface area (TPSA) is 30.0 Å². The number of carbonyl (C=O) groups is 1. The van der Waals surface area contributed by atoms with Gasteiger partial charge in [-0.05, 0) is 23.8 Å². The predicted octanol–water partition coefficient (Wildman–Crippen LogP) is 3.55. The van der Waals surface area contributed by atoms with Crippen LogP contribution in [0.25, 0.3) is 0 Å². The van der Waals surface area contributed by atoms with Crippen LogP contribution in [0.2, 0.25) is 0 Å². The van der Waals surface area contributed by atoms with Crippen molar-refractivity contribution in [3.8, 4) is 0 Å². The van der Waals surface area contributed by atoms with Gasteiger partial charge in [-0.2, -0.15) is 0 Å². The van der Waals surface area contributed by atoms with Gasteiger partial charge in [0.1, 0.15) is 11.6 Å². The Hall–Kier alpha value is -1.62. The van der Waals surface area contributed by atoms with Gasteiger partial charge < -0.3 is 0 Å². The first-order valence-electron chi connectivity index (χ1n) is 5.14. The summed E-state index contributed by atoms with van der Waals surface area (Å²) in [6.07, 6.45) is 2.98. The molecule has 0 aliphatic carbocycles. The highest BCUT2D eigenvalue weighted by molar-refractivity contribution is 9.10. The van der Waals surface area contributed by atoms with E-state index in [9.17, 15) is 13.6 Å². The lowest BCUT2D eigenvalue weighted by atomic mass is 10.0. The van der Waals surface area contributed by atoms with Crippen LogP contribution < -0.4 is 0 Å². The Morgan fingerprint density at radius 3 is 2.50 bits per heavy atom. The fourth-order valence-electron chi connectivity index (χ4n) is 1.59. The summed E-state index contributed by atoms with van der Waals surface area (Å²) in [5.74, 6) is -2.34. The molecule has 92 valence electrons. The van der Waals surface area contributed by atoms with Crippen molar-refractivity contribution in [1.29, 1.82) is 0 Å². The van der Waals surface area contributed by atoms with Crippen molar-refractivity contribution in [3.63, 3.8) is 0 Å². The molecule has 0 amide bonds. The Kier molecular flexibility index (Phi) is 3.81.